The SMILES string of the molecule is COC(=O)c1ccc(C)c(S(=O)(=O)N2c3ccccc3C(C(N)=O)CC2C)c1. The lowest BCUT2D eigenvalue weighted by molar-refractivity contribution is -0.119. The molecule has 0 radical (unpaired) electrons. The number of nitrogens with zero attached hydrogens (tertiary/aromatic N) is 1. The highest BCUT2D eigenvalue weighted by atomic mass is 32.2. The smallest absolute Gasteiger partial charge is 0.337 e. The normalized spacial score (nSPS) is 19.0. The van der Waals surface area contributed by atoms with Gasteiger partial charge in [0, 0.05) is 6.04 Å². The molecule has 0 aromatic heterocycles. The molecule has 2 N–H and O–H groups in total. The van der Waals surface area contributed by atoms with Crippen LogP contribution in [0.1, 0.15) is 40.7 Å². The van der Waals surface area contributed by atoms with Crippen LogP contribution in [0.25, 0.3) is 0 Å². The number of amides is 1. The van der Waals surface area contributed by atoms with Gasteiger partial charge in [0.1, 0.15) is 0 Å². The van der Waals surface area contributed by atoms with Crippen LogP contribution in [-0.4, -0.2) is 33.4 Å². The fourth-order valence-electron chi connectivity index (χ4n) is 3.65. The van der Waals surface area contributed by atoms with Gasteiger partial charge in [-0.1, -0.05) is 24.3 Å². The van der Waals surface area contributed by atoms with Crippen LogP contribution in [0, 0.1) is 6.92 Å². The van der Waals surface area contributed by atoms with E-state index in [0.717, 1.165) is 0 Å². The van der Waals surface area contributed by atoms with Gasteiger partial charge >= 0.3 is 5.97 Å². The van der Waals surface area contributed by atoms with Gasteiger partial charge in [-0.2, -0.15) is 0 Å². The van der Waals surface area contributed by atoms with E-state index in [2.05, 4.69) is 0 Å². The molecule has 2 aromatic rings. The second-order valence-corrected chi connectivity index (χ2v) is 8.65. The number of nitrogens with two attached hydrogens (primary N) is 1. The van der Waals surface area contributed by atoms with Crippen LogP contribution in [0.2, 0.25) is 0 Å². The molecule has 0 bridgehead atoms. The molecule has 0 spiro atoms. The van der Waals surface area contributed by atoms with E-state index in [-0.39, 0.29) is 16.9 Å². The van der Waals surface area contributed by atoms with Crippen molar-refractivity contribution in [1.29, 1.82) is 0 Å². The summed E-state index contributed by atoms with van der Waals surface area (Å²) < 4.78 is 33.2. The first kappa shape index (κ1) is 19.9. The highest BCUT2D eigenvalue weighted by molar-refractivity contribution is 7.93. The van der Waals surface area contributed by atoms with Gasteiger partial charge in [0.05, 0.1) is 29.2 Å². The van der Waals surface area contributed by atoms with E-state index in [1.165, 1.54) is 23.5 Å². The monoisotopic (exact) mass is 402 g/mol. The van der Waals surface area contributed by atoms with Crippen molar-refractivity contribution in [3.63, 3.8) is 0 Å². The van der Waals surface area contributed by atoms with Crippen molar-refractivity contribution in [2.45, 2.75) is 37.1 Å². The molecule has 3 rings (SSSR count). The number of methoxy groups -OCH3 is 1. The zero-order chi connectivity index (χ0) is 20.6. The molecular weight excluding hydrogens is 380 g/mol. The highest BCUT2D eigenvalue weighted by Crippen LogP contribution is 2.41. The molecule has 0 saturated carbocycles. The summed E-state index contributed by atoms with van der Waals surface area (Å²) in [5.41, 5.74) is 7.21. The zero-order valence-electron chi connectivity index (χ0n) is 15.9. The number of hydrogen-bond acceptors (Lipinski definition) is 5. The largest absolute Gasteiger partial charge is 0.465 e. The molecular formula is C20H22N2O5S. The second-order valence-electron chi connectivity index (χ2n) is 6.87. The molecule has 2 atom stereocenters. The van der Waals surface area contributed by atoms with Crippen LogP contribution >= 0.6 is 0 Å². The fraction of sp³-hybridized carbons (Fsp3) is 0.300. The molecule has 0 fully saturated rings. The molecule has 1 heterocycles. The van der Waals surface area contributed by atoms with Gasteiger partial charge in [0.2, 0.25) is 5.91 Å². The minimum atomic E-state index is -4.00. The van der Waals surface area contributed by atoms with E-state index in [9.17, 15) is 18.0 Å². The van der Waals surface area contributed by atoms with Crippen molar-refractivity contribution < 1.29 is 22.7 Å². The lowest BCUT2D eigenvalue weighted by atomic mass is 9.87. The number of para-hydroxylation sites is 1. The molecule has 7 nitrogen and oxygen atoms in total. The fourth-order valence-corrected chi connectivity index (χ4v) is 5.60. The summed E-state index contributed by atoms with van der Waals surface area (Å²) in [5, 5.41) is 0. The maximum absolute atomic E-state index is 13.6. The van der Waals surface area contributed by atoms with Crippen molar-refractivity contribution in [1.82, 2.24) is 0 Å². The van der Waals surface area contributed by atoms with Crippen molar-refractivity contribution in [3.05, 3.63) is 59.2 Å². The van der Waals surface area contributed by atoms with Crippen molar-refractivity contribution in [2.24, 2.45) is 5.73 Å². The first-order chi connectivity index (χ1) is 13.2. The minimum Gasteiger partial charge on any atom is -0.465 e. The Bertz CT molecular complexity index is 1050. The molecule has 1 aliphatic rings. The highest BCUT2D eigenvalue weighted by Gasteiger charge is 2.40. The quantitative estimate of drug-likeness (QED) is 0.790. The molecule has 148 valence electrons. The third kappa shape index (κ3) is 3.24. The van der Waals surface area contributed by atoms with Crippen LogP contribution in [-0.2, 0) is 19.6 Å². The number of carbonyl (C=O) groups is 2. The summed E-state index contributed by atoms with van der Waals surface area (Å²) in [6.45, 7) is 3.41. The number of aryl methyl sites for hydroxylation is 1. The van der Waals surface area contributed by atoms with Crippen molar-refractivity contribution >= 4 is 27.6 Å². The minimum absolute atomic E-state index is 0.0228. The van der Waals surface area contributed by atoms with Gasteiger partial charge in [-0.3, -0.25) is 9.10 Å². The summed E-state index contributed by atoms with van der Waals surface area (Å²) in [5.74, 6) is -1.65. The van der Waals surface area contributed by atoms with Gasteiger partial charge in [0.15, 0.2) is 0 Å². The number of fused-ring (bicyclic) bond motifs is 1. The lowest BCUT2D eigenvalue weighted by Gasteiger charge is -2.39. The number of primary amides is 1. The summed E-state index contributed by atoms with van der Waals surface area (Å²) in [7, 11) is -2.76. The number of sulfonamides is 1. The summed E-state index contributed by atoms with van der Waals surface area (Å²) >= 11 is 0. The maximum Gasteiger partial charge on any atom is 0.337 e. The van der Waals surface area contributed by atoms with Crippen LogP contribution in [0.4, 0.5) is 5.69 Å². The van der Waals surface area contributed by atoms with E-state index < -0.39 is 33.9 Å². The maximum atomic E-state index is 13.6. The molecule has 0 aliphatic carbocycles. The lowest BCUT2D eigenvalue weighted by Crippen LogP contribution is -2.45. The van der Waals surface area contributed by atoms with Crippen LogP contribution in [0.5, 0.6) is 0 Å². The van der Waals surface area contributed by atoms with Crippen LogP contribution in [0.15, 0.2) is 47.4 Å². The van der Waals surface area contributed by atoms with Crippen LogP contribution < -0.4 is 10.0 Å². The molecule has 28 heavy (non-hydrogen) atoms. The number of esters is 1. The summed E-state index contributed by atoms with van der Waals surface area (Å²) in [6, 6.07) is 10.8. The van der Waals surface area contributed by atoms with Crippen molar-refractivity contribution in [2.75, 3.05) is 11.4 Å². The Morgan fingerprint density at radius 1 is 1.18 bits per heavy atom. The Hall–Kier alpha value is -2.87. The number of hydrogen-bond donors (Lipinski definition) is 1. The van der Waals surface area contributed by atoms with Gasteiger partial charge in [-0.25, -0.2) is 13.2 Å². The molecule has 2 unspecified atom stereocenters. The first-order valence-electron chi connectivity index (χ1n) is 8.80. The van der Waals surface area contributed by atoms with Gasteiger partial charge in [0.25, 0.3) is 10.0 Å². The van der Waals surface area contributed by atoms with Gasteiger partial charge in [-0.05, 0) is 49.6 Å². The standard InChI is InChI=1S/C20H22N2O5S/c1-12-8-9-14(20(24)27-3)11-18(12)28(25,26)22-13(2)10-16(19(21)23)15-6-4-5-7-17(15)22/h4-9,11,13,16H,10H2,1-3H3,(H2,21,23). The Balaban J connectivity index is 2.18. The topological polar surface area (TPSA) is 107 Å². The van der Waals surface area contributed by atoms with Gasteiger partial charge in [-0.15, -0.1) is 0 Å². The van der Waals surface area contributed by atoms with E-state index in [1.807, 2.05) is 0 Å². The van der Waals surface area contributed by atoms with Crippen LogP contribution in [0.3, 0.4) is 0 Å². The van der Waals surface area contributed by atoms with Crippen molar-refractivity contribution in [3.8, 4) is 0 Å². The Labute approximate surface area is 164 Å². The molecule has 2 aromatic carbocycles. The number of benzene rings is 2. The third-order valence-electron chi connectivity index (χ3n) is 5.02. The predicted molar refractivity (Wildman–Crippen MR) is 105 cm³/mol. The van der Waals surface area contributed by atoms with Gasteiger partial charge < -0.3 is 10.5 Å². The van der Waals surface area contributed by atoms with E-state index >= 15 is 0 Å². The Morgan fingerprint density at radius 2 is 1.86 bits per heavy atom. The Kier molecular flexibility index (Phi) is 5.16. The summed E-state index contributed by atoms with van der Waals surface area (Å²) in [4.78, 5) is 23.8. The zero-order valence-corrected chi connectivity index (χ0v) is 16.7. The number of ether oxygens (including phenoxy) is 1. The number of rotatable bonds is 4. The first-order valence-corrected chi connectivity index (χ1v) is 10.2. The molecule has 1 aliphatic heterocycles. The predicted octanol–water partition coefficient (Wildman–Crippen LogP) is 2.34. The molecule has 1 amide bonds. The second kappa shape index (κ2) is 7.27. The molecule has 8 heteroatoms. The average molecular weight is 402 g/mol. The third-order valence-corrected chi connectivity index (χ3v) is 7.09. The Morgan fingerprint density at radius 3 is 2.50 bits per heavy atom. The van der Waals surface area contributed by atoms with E-state index in [0.29, 0.717) is 16.8 Å². The number of carbonyl (C=O) groups excluding carboxylic acids is 2. The van der Waals surface area contributed by atoms with E-state index in [4.69, 9.17) is 10.5 Å². The van der Waals surface area contributed by atoms with E-state index in [1.54, 1.807) is 44.2 Å². The average Bonchev–Trinajstić information content (AvgIpc) is 2.66. The summed E-state index contributed by atoms with van der Waals surface area (Å²) in [6.07, 6.45) is 0.279. The molecule has 0 saturated heterocycles. The number of anilines is 1.